The molecular weight excluding hydrogens is 424 g/mol. The quantitative estimate of drug-likeness (QED) is 0.442. The van der Waals surface area contributed by atoms with Crippen molar-refractivity contribution >= 4 is 29.5 Å². The van der Waals surface area contributed by atoms with E-state index in [-0.39, 0.29) is 11.1 Å². The van der Waals surface area contributed by atoms with E-state index >= 15 is 0 Å². The van der Waals surface area contributed by atoms with Gasteiger partial charge in [0, 0.05) is 19.3 Å². The summed E-state index contributed by atoms with van der Waals surface area (Å²) in [4.78, 5) is 17.7. The van der Waals surface area contributed by atoms with E-state index in [0.717, 1.165) is 17.2 Å². The lowest BCUT2D eigenvalue weighted by Gasteiger charge is -2.07. The van der Waals surface area contributed by atoms with Crippen LogP contribution in [0.25, 0.3) is 5.82 Å². The van der Waals surface area contributed by atoms with Crippen LogP contribution in [-0.2, 0) is 7.05 Å². The van der Waals surface area contributed by atoms with E-state index in [1.165, 1.54) is 31.2 Å². The molecule has 5 rings (SSSR count). The number of nitrogens with zero attached hydrogens (tertiary/aromatic N) is 5. The molecule has 1 spiro atoms. The lowest BCUT2D eigenvalue weighted by molar-refractivity contribution is 0.0984. The second-order valence-corrected chi connectivity index (χ2v) is 9.14. The van der Waals surface area contributed by atoms with E-state index in [0.29, 0.717) is 28.6 Å². The van der Waals surface area contributed by atoms with Gasteiger partial charge in [-0.1, -0.05) is 11.6 Å². The van der Waals surface area contributed by atoms with Crippen LogP contribution in [0.3, 0.4) is 0 Å². The van der Waals surface area contributed by atoms with E-state index in [9.17, 15) is 4.79 Å². The standard InChI is InChI=1S/C20H21ClN6O2S/c1-12-15(10-22-26(12)2)30-25-19(28)14-3-4-16(23-18(14)21)27-8-5-17(24-27)29-11-13-9-20(13)6-7-20/h3-5,8,10,13H,6-7,9,11H2,1-2H3,(H,25,28). The first-order valence-corrected chi connectivity index (χ1v) is 11.0. The molecule has 1 atom stereocenters. The minimum atomic E-state index is -0.324. The van der Waals surface area contributed by atoms with Crippen molar-refractivity contribution in [2.75, 3.05) is 6.61 Å². The smallest absolute Gasteiger partial charge is 0.264 e. The van der Waals surface area contributed by atoms with Crippen LogP contribution in [0.1, 0.15) is 35.3 Å². The first kappa shape index (κ1) is 19.4. The molecule has 2 fully saturated rings. The topological polar surface area (TPSA) is 86.9 Å². The lowest BCUT2D eigenvalue weighted by Crippen LogP contribution is -2.17. The summed E-state index contributed by atoms with van der Waals surface area (Å²) in [6, 6.07) is 5.16. The van der Waals surface area contributed by atoms with Crippen LogP contribution < -0.4 is 9.46 Å². The molecule has 30 heavy (non-hydrogen) atoms. The van der Waals surface area contributed by atoms with Crippen molar-refractivity contribution in [3.8, 4) is 11.7 Å². The zero-order valence-corrected chi connectivity index (χ0v) is 18.2. The Bertz CT molecular complexity index is 1120. The van der Waals surface area contributed by atoms with Crippen molar-refractivity contribution in [3.63, 3.8) is 0 Å². The Morgan fingerprint density at radius 1 is 1.40 bits per heavy atom. The molecule has 2 saturated carbocycles. The minimum absolute atomic E-state index is 0.111. The van der Waals surface area contributed by atoms with E-state index in [4.69, 9.17) is 16.3 Å². The van der Waals surface area contributed by atoms with Gasteiger partial charge < -0.3 is 4.74 Å². The molecule has 2 aliphatic carbocycles. The fourth-order valence-corrected chi connectivity index (χ4v) is 4.52. The summed E-state index contributed by atoms with van der Waals surface area (Å²) in [5, 5.41) is 8.68. The number of carbonyl (C=O) groups excluding carboxylic acids is 1. The summed E-state index contributed by atoms with van der Waals surface area (Å²) in [7, 11) is 1.85. The molecule has 1 amide bonds. The molecule has 0 aromatic carbocycles. The molecule has 10 heteroatoms. The van der Waals surface area contributed by atoms with Crippen molar-refractivity contribution < 1.29 is 9.53 Å². The predicted octanol–water partition coefficient (Wildman–Crippen LogP) is 3.58. The third kappa shape index (κ3) is 3.67. The van der Waals surface area contributed by atoms with Crippen LogP contribution in [0.4, 0.5) is 0 Å². The average molecular weight is 445 g/mol. The Labute approximate surface area is 183 Å². The second-order valence-electron chi connectivity index (χ2n) is 7.93. The molecular formula is C20H21ClN6O2S. The molecule has 2 aliphatic rings. The van der Waals surface area contributed by atoms with Crippen LogP contribution in [-0.4, -0.2) is 37.1 Å². The number of rotatable bonds is 7. The van der Waals surface area contributed by atoms with E-state index in [1.54, 1.807) is 33.9 Å². The number of nitrogens with one attached hydrogen (secondary N) is 1. The van der Waals surface area contributed by atoms with Gasteiger partial charge in [-0.05, 0) is 61.6 Å². The molecule has 3 aromatic heterocycles. The van der Waals surface area contributed by atoms with Gasteiger partial charge in [0.15, 0.2) is 5.82 Å². The number of amides is 1. The largest absolute Gasteiger partial charge is 0.476 e. The van der Waals surface area contributed by atoms with Crippen LogP contribution in [0.15, 0.2) is 35.5 Å². The third-order valence-corrected chi connectivity index (χ3v) is 7.20. The van der Waals surface area contributed by atoms with Crippen LogP contribution >= 0.6 is 23.5 Å². The zero-order chi connectivity index (χ0) is 20.9. The highest BCUT2D eigenvalue weighted by Crippen LogP contribution is 2.70. The summed E-state index contributed by atoms with van der Waals surface area (Å²) >= 11 is 7.47. The number of aryl methyl sites for hydroxylation is 1. The zero-order valence-electron chi connectivity index (χ0n) is 16.6. The van der Waals surface area contributed by atoms with Gasteiger partial charge in [-0.2, -0.15) is 5.10 Å². The van der Waals surface area contributed by atoms with E-state index in [1.807, 2.05) is 20.0 Å². The van der Waals surface area contributed by atoms with Gasteiger partial charge in [0.05, 0.1) is 29.0 Å². The Kier molecular flexibility index (Phi) is 4.74. The van der Waals surface area contributed by atoms with E-state index < -0.39 is 0 Å². The summed E-state index contributed by atoms with van der Waals surface area (Å²) < 4.78 is 11.9. The summed E-state index contributed by atoms with van der Waals surface area (Å²) in [6.07, 6.45) is 7.45. The maximum atomic E-state index is 12.5. The van der Waals surface area contributed by atoms with E-state index in [2.05, 4.69) is 19.9 Å². The molecule has 0 radical (unpaired) electrons. The number of pyridine rings is 1. The molecule has 0 bridgehead atoms. The van der Waals surface area contributed by atoms with Crippen molar-refractivity contribution in [2.24, 2.45) is 18.4 Å². The molecule has 1 N–H and O–H groups in total. The Morgan fingerprint density at radius 2 is 2.23 bits per heavy atom. The highest BCUT2D eigenvalue weighted by atomic mass is 35.5. The number of hydrogen-bond acceptors (Lipinski definition) is 6. The molecule has 3 heterocycles. The Morgan fingerprint density at radius 3 is 2.90 bits per heavy atom. The minimum Gasteiger partial charge on any atom is -0.476 e. The van der Waals surface area contributed by atoms with Crippen LogP contribution in [0, 0.1) is 18.3 Å². The summed E-state index contributed by atoms with van der Waals surface area (Å²) in [5.74, 6) is 1.45. The van der Waals surface area contributed by atoms with Gasteiger partial charge in [0.2, 0.25) is 5.88 Å². The van der Waals surface area contributed by atoms with Crippen molar-refractivity contribution in [1.82, 2.24) is 29.3 Å². The van der Waals surface area contributed by atoms with Gasteiger partial charge in [-0.15, -0.1) is 5.10 Å². The molecule has 3 aromatic rings. The molecule has 1 unspecified atom stereocenters. The number of hydrogen-bond donors (Lipinski definition) is 1. The first-order valence-electron chi connectivity index (χ1n) is 9.76. The average Bonchev–Trinajstić information content (AvgIpc) is 3.57. The number of carbonyl (C=O) groups is 1. The van der Waals surface area contributed by atoms with Gasteiger partial charge in [0.25, 0.3) is 5.91 Å². The Hall–Kier alpha value is -2.52. The van der Waals surface area contributed by atoms with Crippen LogP contribution in [0.2, 0.25) is 5.15 Å². The SMILES string of the molecule is Cc1c(SNC(=O)c2ccc(-n3ccc(OCC4CC45CC5)n3)nc2Cl)cnn1C. The highest BCUT2D eigenvalue weighted by Gasteiger charge is 2.62. The Balaban J connectivity index is 1.22. The molecule has 8 nitrogen and oxygen atoms in total. The summed E-state index contributed by atoms with van der Waals surface area (Å²) in [6.45, 7) is 2.65. The van der Waals surface area contributed by atoms with Crippen molar-refractivity contribution in [2.45, 2.75) is 31.1 Å². The predicted molar refractivity (Wildman–Crippen MR) is 113 cm³/mol. The van der Waals surface area contributed by atoms with Gasteiger partial charge in [-0.25, -0.2) is 9.67 Å². The number of ether oxygens (including phenoxy) is 1. The van der Waals surface area contributed by atoms with Gasteiger partial charge in [-0.3, -0.25) is 14.2 Å². The first-order chi connectivity index (χ1) is 14.4. The molecule has 0 aliphatic heterocycles. The molecule has 0 saturated heterocycles. The van der Waals surface area contributed by atoms with Gasteiger partial charge >= 0.3 is 0 Å². The van der Waals surface area contributed by atoms with Crippen molar-refractivity contribution in [3.05, 3.63) is 47.0 Å². The van der Waals surface area contributed by atoms with Crippen molar-refractivity contribution in [1.29, 1.82) is 0 Å². The highest BCUT2D eigenvalue weighted by molar-refractivity contribution is 7.98. The number of halogens is 1. The summed E-state index contributed by atoms with van der Waals surface area (Å²) in [5.41, 5.74) is 1.87. The third-order valence-electron chi connectivity index (χ3n) is 6.01. The lowest BCUT2D eigenvalue weighted by atomic mass is 10.3. The van der Waals surface area contributed by atoms with Crippen LogP contribution in [0.5, 0.6) is 5.88 Å². The monoisotopic (exact) mass is 444 g/mol. The molecule has 156 valence electrons. The fraction of sp³-hybridized carbons (Fsp3) is 0.400. The number of aromatic nitrogens is 5. The van der Waals surface area contributed by atoms with Gasteiger partial charge in [0.1, 0.15) is 5.15 Å². The maximum absolute atomic E-state index is 12.5. The maximum Gasteiger partial charge on any atom is 0.264 e. The second kappa shape index (κ2) is 7.31. The fourth-order valence-electron chi connectivity index (χ4n) is 3.59. The normalized spacial score (nSPS) is 18.4.